The van der Waals surface area contributed by atoms with Crippen molar-refractivity contribution >= 4 is 40.9 Å². The van der Waals surface area contributed by atoms with E-state index in [2.05, 4.69) is 5.32 Å². The van der Waals surface area contributed by atoms with Gasteiger partial charge in [-0.3, -0.25) is 4.79 Å². The van der Waals surface area contributed by atoms with Gasteiger partial charge in [-0.25, -0.2) is 4.79 Å². The minimum absolute atomic E-state index is 0.0222. The van der Waals surface area contributed by atoms with Crippen molar-refractivity contribution in [2.45, 2.75) is 19.1 Å². The van der Waals surface area contributed by atoms with Gasteiger partial charge in [-0.1, -0.05) is 25.4 Å². The smallest absolute Gasteiger partial charge is 0.337 e. The number of nitrogens with one attached hydrogen (secondary N) is 1. The van der Waals surface area contributed by atoms with Crippen LogP contribution in [0.25, 0.3) is 0 Å². The normalized spacial score (nSPS) is 10.4. The molecule has 1 aromatic carbocycles. The van der Waals surface area contributed by atoms with Gasteiger partial charge < -0.3 is 10.4 Å². The molecule has 0 aliphatic rings. The van der Waals surface area contributed by atoms with Crippen molar-refractivity contribution in [3.05, 3.63) is 28.8 Å². The number of rotatable bonds is 5. The van der Waals surface area contributed by atoms with Crippen molar-refractivity contribution in [1.82, 2.24) is 0 Å². The van der Waals surface area contributed by atoms with Crippen molar-refractivity contribution in [2.24, 2.45) is 0 Å². The molecule has 0 heterocycles. The predicted octanol–water partition coefficient (Wildman–Crippen LogP) is 3.12. The lowest BCUT2D eigenvalue weighted by atomic mass is 10.2. The van der Waals surface area contributed by atoms with Crippen LogP contribution in [0.4, 0.5) is 5.69 Å². The fraction of sp³-hybridized carbons (Fsp3) is 0.333. The van der Waals surface area contributed by atoms with Crippen molar-refractivity contribution in [3.63, 3.8) is 0 Å². The number of carbonyl (C=O) groups excluding carboxylic acids is 1. The van der Waals surface area contributed by atoms with E-state index in [1.54, 1.807) is 6.07 Å². The number of thioether (sulfide) groups is 1. The molecular weight excluding hydrogens is 274 g/mol. The van der Waals surface area contributed by atoms with E-state index in [0.29, 0.717) is 16.7 Å². The fourth-order valence-corrected chi connectivity index (χ4v) is 1.96. The van der Waals surface area contributed by atoms with E-state index in [0.717, 1.165) is 0 Å². The van der Waals surface area contributed by atoms with Crippen LogP contribution in [-0.2, 0) is 4.79 Å². The first kappa shape index (κ1) is 14.9. The van der Waals surface area contributed by atoms with Gasteiger partial charge in [0.1, 0.15) is 0 Å². The fourth-order valence-electron chi connectivity index (χ4n) is 1.21. The van der Waals surface area contributed by atoms with Gasteiger partial charge in [0, 0.05) is 5.69 Å². The Kier molecular flexibility index (Phi) is 5.50. The van der Waals surface area contributed by atoms with Gasteiger partial charge in [0.25, 0.3) is 0 Å². The number of amides is 1. The molecule has 0 aromatic heterocycles. The Morgan fingerprint density at radius 2 is 2.11 bits per heavy atom. The summed E-state index contributed by atoms with van der Waals surface area (Å²) in [5.74, 6) is -0.942. The molecule has 0 saturated carbocycles. The topological polar surface area (TPSA) is 66.4 Å². The predicted molar refractivity (Wildman–Crippen MR) is 74.6 cm³/mol. The third-order valence-electron chi connectivity index (χ3n) is 2.03. The van der Waals surface area contributed by atoms with E-state index >= 15 is 0 Å². The summed E-state index contributed by atoms with van der Waals surface area (Å²) < 4.78 is 0. The van der Waals surface area contributed by atoms with E-state index in [1.807, 2.05) is 13.8 Å². The molecule has 0 fully saturated rings. The van der Waals surface area contributed by atoms with Crippen LogP contribution in [0.5, 0.6) is 0 Å². The molecule has 98 valence electrons. The molecule has 1 aromatic rings. The lowest BCUT2D eigenvalue weighted by Gasteiger charge is -2.08. The van der Waals surface area contributed by atoms with Crippen molar-refractivity contribution in [2.75, 3.05) is 11.1 Å². The Labute approximate surface area is 115 Å². The highest BCUT2D eigenvalue weighted by Gasteiger charge is 2.11. The van der Waals surface area contributed by atoms with Crippen molar-refractivity contribution < 1.29 is 14.7 Å². The zero-order valence-electron chi connectivity index (χ0n) is 10.1. The Bertz CT molecular complexity index is 463. The molecule has 2 N–H and O–H groups in total. The molecule has 0 radical (unpaired) electrons. The molecule has 0 aliphatic heterocycles. The second-order valence-electron chi connectivity index (χ2n) is 3.91. The van der Waals surface area contributed by atoms with Gasteiger partial charge in [-0.15, -0.1) is 11.8 Å². The van der Waals surface area contributed by atoms with Gasteiger partial charge in [0.05, 0.1) is 16.3 Å². The molecule has 4 nitrogen and oxygen atoms in total. The lowest BCUT2D eigenvalue weighted by molar-refractivity contribution is -0.113. The number of hydrogen-bond donors (Lipinski definition) is 2. The molecule has 0 saturated heterocycles. The molecule has 0 aliphatic carbocycles. The van der Waals surface area contributed by atoms with Gasteiger partial charge in [0.2, 0.25) is 5.91 Å². The van der Waals surface area contributed by atoms with E-state index in [1.165, 1.54) is 23.9 Å². The van der Waals surface area contributed by atoms with Gasteiger partial charge >= 0.3 is 5.97 Å². The summed E-state index contributed by atoms with van der Waals surface area (Å²) in [7, 11) is 0. The highest BCUT2D eigenvalue weighted by Crippen LogP contribution is 2.21. The summed E-state index contributed by atoms with van der Waals surface area (Å²) in [6.07, 6.45) is 0. The number of halogens is 1. The molecule has 0 unspecified atom stereocenters. The molecule has 0 spiro atoms. The average molecular weight is 288 g/mol. The number of hydrogen-bond acceptors (Lipinski definition) is 3. The van der Waals surface area contributed by atoms with Gasteiger partial charge in [-0.05, 0) is 23.4 Å². The summed E-state index contributed by atoms with van der Waals surface area (Å²) >= 11 is 7.25. The summed E-state index contributed by atoms with van der Waals surface area (Å²) in [6.45, 7) is 4.01. The zero-order chi connectivity index (χ0) is 13.7. The van der Waals surface area contributed by atoms with Crippen LogP contribution in [0.2, 0.25) is 5.02 Å². The van der Waals surface area contributed by atoms with E-state index in [9.17, 15) is 9.59 Å². The van der Waals surface area contributed by atoms with E-state index in [4.69, 9.17) is 16.7 Å². The van der Waals surface area contributed by atoms with E-state index in [-0.39, 0.29) is 16.5 Å². The molecule has 6 heteroatoms. The maximum atomic E-state index is 11.6. The lowest BCUT2D eigenvalue weighted by Crippen LogP contribution is -2.15. The SMILES string of the molecule is CC(C)SCC(=O)Nc1ccc(Cl)c(C(=O)O)c1. The summed E-state index contributed by atoms with van der Waals surface area (Å²) in [6, 6.07) is 4.38. The highest BCUT2D eigenvalue weighted by molar-refractivity contribution is 8.00. The van der Waals surface area contributed by atoms with Crippen molar-refractivity contribution in [1.29, 1.82) is 0 Å². The summed E-state index contributed by atoms with van der Waals surface area (Å²) in [4.78, 5) is 22.4. The van der Waals surface area contributed by atoms with Crippen molar-refractivity contribution in [3.8, 4) is 0 Å². The Morgan fingerprint density at radius 3 is 2.67 bits per heavy atom. The maximum Gasteiger partial charge on any atom is 0.337 e. The number of anilines is 1. The van der Waals surface area contributed by atoms with Gasteiger partial charge in [-0.2, -0.15) is 0 Å². The number of benzene rings is 1. The van der Waals surface area contributed by atoms with Crippen LogP contribution in [0.3, 0.4) is 0 Å². The Hall–Kier alpha value is -1.20. The van der Waals surface area contributed by atoms with Crippen LogP contribution >= 0.6 is 23.4 Å². The van der Waals surface area contributed by atoms with Crippen LogP contribution in [0.1, 0.15) is 24.2 Å². The van der Waals surface area contributed by atoms with Gasteiger partial charge in [0.15, 0.2) is 0 Å². The Balaban J connectivity index is 2.70. The largest absolute Gasteiger partial charge is 0.478 e. The third kappa shape index (κ3) is 4.58. The number of carboxylic acids is 1. The monoisotopic (exact) mass is 287 g/mol. The minimum atomic E-state index is -1.12. The highest BCUT2D eigenvalue weighted by atomic mass is 35.5. The first-order chi connectivity index (χ1) is 8.40. The van der Waals surface area contributed by atoms with Crippen LogP contribution in [0, 0.1) is 0 Å². The summed E-state index contributed by atoms with van der Waals surface area (Å²) in [5, 5.41) is 12.1. The first-order valence-electron chi connectivity index (χ1n) is 5.34. The minimum Gasteiger partial charge on any atom is -0.478 e. The number of carbonyl (C=O) groups is 2. The molecule has 0 atom stereocenters. The van der Waals surface area contributed by atoms with Crippen LogP contribution in [0.15, 0.2) is 18.2 Å². The average Bonchev–Trinajstić information content (AvgIpc) is 2.28. The zero-order valence-corrected chi connectivity index (χ0v) is 11.6. The second-order valence-corrected chi connectivity index (χ2v) is 5.88. The standard InChI is InChI=1S/C12H14ClNO3S/c1-7(2)18-6-11(15)14-8-3-4-10(13)9(5-8)12(16)17/h3-5,7H,6H2,1-2H3,(H,14,15)(H,16,17). The van der Waals surface area contributed by atoms with Crippen LogP contribution in [-0.4, -0.2) is 28.0 Å². The number of aromatic carboxylic acids is 1. The second kappa shape index (κ2) is 6.66. The van der Waals surface area contributed by atoms with E-state index < -0.39 is 5.97 Å². The Morgan fingerprint density at radius 1 is 1.44 bits per heavy atom. The third-order valence-corrected chi connectivity index (χ3v) is 3.45. The number of carboxylic acid groups (broad SMARTS) is 1. The molecule has 1 amide bonds. The maximum absolute atomic E-state index is 11.6. The molecule has 18 heavy (non-hydrogen) atoms. The van der Waals surface area contributed by atoms with Crippen LogP contribution < -0.4 is 5.32 Å². The summed E-state index contributed by atoms with van der Waals surface area (Å²) in [5.41, 5.74) is 0.414. The molecule has 0 bridgehead atoms. The first-order valence-corrected chi connectivity index (χ1v) is 6.77. The molecular formula is C12H14ClNO3S. The quantitative estimate of drug-likeness (QED) is 0.873. The molecule has 1 rings (SSSR count).